The standard InChI is InChI=1S/C16H14F3NS.ClH/c17-16(18,19)14-8-4-7-13(9-14)10-15(20)21-11-12-5-2-1-3-6-12;/h1-9,20H,10-11H2;1H. The monoisotopic (exact) mass is 345 g/mol. The van der Waals surface area contributed by atoms with Gasteiger partial charge in [0.05, 0.1) is 12.0 Å². The quantitative estimate of drug-likeness (QED) is 0.628. The maximum Gasteiger partial charge on any atom is 0.416 e. The zero-order valence-electron chi connectivity index (χ0n) is 11.6. The van der Waals surface area contributed by atoms with Crippen molar-refractivity contribution in [1.82, 2.24) is 0 Å². The van der Waals surface area contributed by atoms with Crippen LogP contribution in [0.3, 0.4) is 0 Å². The van der Waals surface area contributed by atoms with Crippen LogP contribution in [0, 0.1) is 0 Å². The number of thioether (sulfide) groups is 1. The third kappa shape index (κ3) is 5.73. The third-order valence-corrected chi connectivity index (χ3v) is 3.89. The van der Waals surface area contributed by atoms with Crippen LogP contribution in [-0.4, -0.2) is 5.04 Å². The first kappa shape index (κ1) is 18.6. The Labute approximate surface area is 137 Å². The van der Waals surface area contributed by atoms with E-state index in [-0.39, 0.29) is 12.4 Å². The Morgan fingerprint density at radius 1 is 0.955 bits per heavy atom. The molecule has 0 atom stereocenters. The number of hydrogen-bond donors (Lipinski definition) is 1. The lowest BCUT2D eigenvalue weighted by molar-refractivity contribution is -0.137. The van der Waals surface area contributed by atoms with Crippen LogP contribution in [0.15, 0.2) is 54.6 Å². The fourth-order valence-corrected chi connectivity index (χ4v) is 2.67. The van der Waals surface area contributed by atoms with Crippen LogP contribution in [0.1, 0.15) is 16.7 Å². The summed E-state index contributed by atoms with van der Waals surface area (Å²) in [5, 5.41) is 6.52. The van der Waals surface area contributed by atoms with E-state index in [0.29, 0.717) is 22.8 Å². The van der Waals surface area contributed by atoms with E-state index in [0.717, 1.165) is 17.7 Å². The Bertz CT molecular complexity index is 614. The summed E-state index contributed by atoms with van der Waals surface area (Å²) in [4.78, 5) is 0. The van der Waals surface area contributed by atoms with Crippen LogP contribution in [0.25, 0.3) is 0 Å². The summed E-state index contributed by atoms with van der Waals surface area (Å²) in [6, 6.07) is 15.1. The normalized spacial score (nSPS) is 10.9. The van der Waals surface area contributed by atoms with Gasteiger partial charge in [0.1, 0.15) is 0 Å². The minimum Gasteiger partial charge on any atom is -1.00 e. The average Bonchev–Trinajstić information content (AvgIpc) is 2.46. The van der Waals surface area contributed by atoms with Crippen molar-refractivity contribution in [2.24, 2.45) is 0 Å². The third-order valence-electron chi connectivity index (χ3n) is 2.90. The van der Waals surface area contributed by atoms with Crippen LogP contribution in [0.4, 0.5) is 13.2 Å². The molecule has 2 rings (SSSR count). The average molecular weight is 346 g/mol. The van der Waals surface area contributed by atoms with Gasteiger partial charge in [-0.2, -0.15) is 13.2 Å². The second-order valence-electron chi connectivity index (χ2n) is 4.62. The van der Waals surface area contributed by atoms with Gasteiger partial charge in [0.15, 0.2) is 0 Å². The molecule has 0 unspecified atom stereocenters. The molecular formula is C16H15ClF3NS. The predicted molar refractivity (Wildman–Crippen MR) is 79.8 cm³/mol. The Hall–Kier alpha value is -1.46. The molecule has 0 saturated carbocycles. The summed E-state index contributed by atoms with van der Waals surface area (Å²) in [6.45, 7) is 0. The van der Waals surface area contributed by atoms with Gasteiger partial charge in [0.25, 0.3) is 0 Å². The molecule has 1 nitrogen and oxygen atoms in total. The number of rotatable bonds is 4. The van der Waals surface area contributed by atoms with Gasteiger partial charge < -0.3 is 12.4 Å². The topological polar surface area (TPSA) is 25.6 Å². The maximum absolute atomic E-state index is 12.6. The molecule has 0 saturated heterocycles. The van der Waals surface area contributed by atoms with Crippen molar-refractivity contribution in [2.45, 2.75) is 18.3 Å². The first-order valence-corrected chi connectivity index (χ1v) is 7.38. The summed E-state index contributed by atoms with van der Waals surface area (Å²) in [5.74, 6) is 0.714. The van der Waals surface area contributed by atoms with Crippen molar-refractivity contribution < 1.29 is 31.0 Å². The second kappa shape index (κ2) is 8.25. The van der Waals surface area contributed by atoms with Crippen molar-refractivity contribution in [3.63, 3.8) is 0 Å². The van der Waals surface area contributed by atoms with Crippen LogP contribution >= 0.6 is 11.8 Å². The van der Waals surface area contributed by atoms with Gasteiger partial charge in [0.2, 0.25) is 5.04 Å². The van der Waals surface area contributed by atoms with Gasteiger partial charge in [-0.25, -0.2) is 0 Å². The van der Waals surface area contributed by atoms with Gasteiger partial charge in [0, 0.05) is 5.75 Å². The van der Waals surface area contributed by atoms with Crippen molar-refractivity contribution in [3.8, 4) is 0 Å². The molecule has 2 aromatic rings. The van der Waals surface area contributed by atoms with Crippen molar-refractivity contribution in [2.75, 3.05) is 0 Å². The molecule has 0 radical (unpaired) electrons. The summed E-state index contributed by atoms with van der Waals surface area (Å²) in [6.07, 6.45) is -3.98. The van der Waals surface area contributed by atoms with Crippen molar-refractivity contribution in [1.29, 1.82) is 0 Å². The number of halogens is 4. The predicted octanol–water partition coefficient (Wildman–Crippen LogP) is 0.343. The van der Waals surface area contributed by atoms with Crippen molar-refractivity contribution in [3.05, 3.63) is 71.3 Å². The lowest BCUT2D eigenvalue weighted by Crippen LogP contribution is -3.00. The van der Waals surface area contributed by atoms with Crippen LogP contribution < -0.4 is 17.8 Å². The molecule has 0 heterocycles. The lowest BCUT2D eigenvalue weighted by atomic mass is 10.1. The van der Waals surface area contributed by atoms with Crippen LogP contribution in [0.5, 0.6) is 0 Å². The highest BCUT2D eigenvalue weighted by Gasteiger charge is 2.30. The highest BCUT2D eigenvalue weighted by molar-refractivity contribution is 8.12. The smallest absolute Gasteiger partial charge is 0.416 e. The van der Waals surface area contributed by atoms with E-state index in [1.54, 1.807) is 6.07 Å². The number of hydrogen-bond acceptors (Lipinski definition) is 1. The summed E-state index contributed by atoms with van der Waals surface area (Å²) in [5.41, 5.74) is 1.07. The van der Waals surface area contributed by atoms with Gasteiger partial charge in [-0.05, 0) is 17.2 Å². The zero-order chi connectivity index (χ0) is 15.3. The van der Waals surface area contributed by atoms with E-state index in [1.165, 1.54) is 17.8 Å². The van der Waals surface area contributed by atoms with Crippen LogP contribution in [-0.2, 0) is 18.3 Å². The zero-order valence-corrected chi connectivity index (χ0v) is 13.2. The molecule has 0 amide bonds. The Morgan fingerprint density at radius 3 is 2.23 bits per heavy atom. The first-order valence-electron chi connectivity index (χ1n) is 6.39. The molecule has 0 bridgehead atoms. The molecule has 0 aliphatic carbocycles. The van der Waals surface area contributed by atoms with Gasteiger partial charge in [-0.3, -0.25) is 5.41 Å². The lowest BCUT2D eigenvalue weighted by Gasteiger charge is -2.08. The van der Waals surface area contributed by atoms with E-state index in [1.807, 2.05) is 30.3 Å². The first-order chi connectivity index (χ1) is 9.95. The largest absolute Gasteiger partial charge is 1.00 e. The van der Waals surface area contributed by atoms with E-state index in [9.17, 15) is 13.2 Å². The van der Waals surface area contributed by atoms with E-state index < -0.39 is 11.7 Å². The molecule has 0 aliphatic rings. The Kier molecular flexibility index (Phi) is 6.97. The molecule has 0 fully saturated rings. The van der Waals surface area contributed by atoms with Gasteiger partial charge in [-0.1, -0.05) is 60.3 Å². The highest BCUT2D eigenvalue weighted by Crippen LogP contribution is 2.29. The molecule has 0 aliphatic heterocycles. The molecule has 0 aromatic heterocycles. The fraction of sp³-hybridized carbons (Fsp3) is 0.188. The number of nitrogens with two attached hydrogens (primary N) is 1. The van der Waals surface area contributed by atoms with Crippen LogP contribution in [0.2, 0.25) is 0 Å². The maximum atomic E-state index is 12.6. The summed E-state index contributed by atoms with van der Waals surface area (Å²) < 4.78 is 37.9. The van der Waals surface area contributed by atoms with E-state index >= 15 is 0 Å². The van der Waals surface area contributed by atoms with Gasteiger partial charge >= 0.3 is 6.18 Å². The molecular weight excluding hydrogens is 331 g/mol. The molecule has 22 heavy (non-hydrogen) atoms. The SMILES string of the molecule is [Cl-].[NH2+]=C(Cc1cccc(C(F)(F)F)c1)SCc1ccccc1. The molecule has 0 spiro atoms. The molecule has 6 heteroatoms. The number of alkyl halides is 3. The number of benzene rings is 2. The Morgan fingerprint density at radius 2 is 1.59 bits per heavy atom. The summed E-state index contributed by atoms with van der Waals surface area (Å²) >= 11 is 1.45. The van der Waals surface area contributed by atoms with Crippen molar-refractivity contribution >= 4 is 16.8 Å². The molecule has 2 N–H and O–H groups in total. The molecule has 2 aromatic carbocycles. The van der Waals surface area contributed by atoms with E-state index in [2.05, 4.69) is 0 Å². The fourth-order valence-electron chi connectivity index (χ4n) is 1.86. The highest BCUT2D eigenvalue weighted by atomic mass is 35.5. The second-order valence-corrected chi connectivity index (χ2v) is 5.72. The Balaban J connectivity index is 0.00000242. The summed E-state index contributed by atoms with van der Waals surface area (Å²) in [7, 11) is 0. The minimum absolute atomic E-state index is 0. The minimum atomic E-state index is -4.32. The van der Waals surface area contributed by atoms with Gasteiger partial charge in [-0.15, -0.1) is 0 Å². The van der Waals surface area contributed by atoms with E-state index in [4.69, 9.17) is 5.41 Å². The molecule has 118 valence electrons.